The first-order chi connectivity index (χ1) is 18.4. The molecule has 1 N–H and O–H groups in total. The van der Waals surface area contributed by atoms with Gasteiger partial charge in [-0.2, -0.15) is 0 Å². The van der Waals surface area contributed by atoms with E-state index < -0.39 is 5.97 Å². The first kappa shape index (κ1) is 26.7. The van der Waals surface area contributed by atoms with Crippen LogP contribution in [0.5, 0.6) is 5.75 Å². The third-order valence-electron chi connectivity index (χ3n) is 7.70. The van der Waals surface area contributed by atoms with Gasteiger partial charge in [-0.05, 0) is 55.0 Å². The molecule has 5 rings (SSSR count). The minimum atomic E-state index is -0.694. The molecule has 2 atom stereocenters. The molecular weight excluding hydrogens is 498 g/mol. The number of ether oxygens (including phenoxy) is 2. The summed E-state index contributed by atoms with van der Waals surface area (Å²) in [4.78, 5) is 21.1. The normalized spacial score (nSPS) is 20.4. The Morgan fingerprint density at radius 1 is 1.16 bits per heavy atom. The number of benzene rings is 2. The number of aliphatic carboxylic acids is 1. The summed E-state index contributed by atoms with van der Waals surface area (Å²) >= 11 is 1.61. The molecule has 0 bridgehead atoms. The second kappa shape index (κ2) is 11.8. The van der Waals surface area contributed by atoms with Crippen molar-refractivity contribution in [3.05, 3.63) is 64.0 Å². The maximum absolute atomic E-state index is 11.5. The van der Waals surface area contributed by atoms with Crippen LogP contribution in [0.1, 0.15) is 35.6 Å². The summed E-state index contributed by atoms with van der Waals surface area (Å²) < 4.78 is 11.8. The maximum Gasteiger partial charge on any atom is 0.306 e. The van der Waals surface area contributed by atoms with Gasteiger partial charge in [-0.3, -0.25) is 9.69 Å². The van der Waals surface area contributed by atoms with Crippen LogP contribution < -0.4 is 9.64 Å². The first-order valence-electron chi connectivity index (χ1n) is 13.4. The highest BCUT2D eigenvalue weighted by molar-refractivity contribution is 7.14. The molecule has 0 unspecified atom stereocenters. The number of aryl methyl sites for hydroxylation is 2. The highest BCUT2D eigenvalue weighted by Gasteiger charge is 2.32. The lowest BCUT2D eigenvalue weighted by molar-refractivity contribution is -0.144. The molecule has 0 aliphatic carbocycles. The summed E-state index contributed by atoms with van der Waals surface area (Å²) in [6, 6.07) is 12.9. The lowest BCUT2D eigenvalue weighted by Gasteiger charge is -2.34. The Kier molecular flexibility index (Phi) is 8.31. The second-order valence-electron chi connectivity index (χ2n) is 10.6. The number of carboxylic acids is 1. The molecule has 2 aliphatic rings. The Morgan fingerprint density at radius 3 is 2.71 bits per heavy atom. The molecule has 3 aromatic rings. The number of rotatable bonds is 8. The molecule has 0 saturated carbocycles. The Bertz CT molecular complexity index is 1270. The minimum Gasteiger partial charge on any atom is -0.488 e. The molecule has 7 nitrogen and oxygen atoms in total. The van der Waals surface area contributed by atoms with Gasteiger partial charge in [0.25, 0.3) is 0 Å². The van der Waals surface area contributed by atoms with Crippen molar-refractivity contribution in [2.45, 2.75) is 40.3 Å². The van der Waals surface area contributed by atoms with Gasteiger partial charge in [0, 0.05) is 43.7 Å². The van der Waals surface area contributed by atoms with Crippen molar-refractivity contribution in [2.75, 3.05) is 44.3 Å². The zero-order valence-corrected chi connectivity index (χ0v) is 23.3. The summed E-state index contributed by atoms with van der Waals surface area (Å²) in [5, 5.41) is 12.5. The van der Waals surface area contributed by atoms with Gasteiger partial charge in [0.2, 0.25) is 0 Å². The van der Waals surface area contributed by atoms with Crippen molar-refractivity contribution in [1.29, 1.82) is 0 Å². The molecule has 0 radical (unpaired) electrons. The van der Waals surface area contributed by atoms with Crippen molar-refractivity contribution in [3.8, 4) is 17.0 Å². The lowest BCUT2D eigenvalue weighted by atomic mass is 9.87. The van der Waals surface area contributed by atoms with Gasteiger partial charge >= 0.3 is 5.97 Å². The molecule has 2 fully saturated rings. The zero-order chi connectivity index (χ0) is 26.6. The Labute approximate surface area is 229 Å². The topological polar surface area (TPSA) is 75.1 Å². The fraction of sp³-hybridized carbons (Fsp3) is 0.467. The van der Waals surface area contributed by atoms with Gasteiger partial charge in [-0.25, -0.2) is 4.98 Å². The fourth-order valence-electron chi connectivity index (χ4n) is 5.38. The van der Waals surface area contributed by atoms with Crippen molar-refractivity contribution >= 4 is 22.4 Å². The van der Waals surface area contributed by atoms with Gasteiger partial charge in [0.15, 0.2) is 5.13 Å². The number of piperidine rings is 1. The van der Waals surface area contributed by atoms with Gasteiger partial charge in [-0.1, -0.05) is 36.8 Å². The Hall–Kier alpha value is -2.94. The number of anilines is 1. The second-order valence-corrected chi connectivity index (χ2v) is 11.4. The predicted molar refractivity (Wildman–Crippen MR) is 151 cm³/mol. The number of carboxylic acid groups (broad SMARTS) is 1. The molecule has 202 valence electrons. The number of carbonyl (C=O) groups is 1. The smallest absolute Gasteiger partial charge is 0.306 e. The van der Waals surface area contributed by atoms with Gasteiger partial charge in [0.05, 0.1) is 24.8 Å². The molecule has 0 spiro atoms. The van der Waals surface area contributed by atoms with Crippen LogP contribution in [-0.2, 0) is 22.7 Å². The number of hydrogen-bond donors (Lipinski definition) is 1. The molecule has 1 aromatic heterocycles. The van der Waals surface area contributed by atoms with E-state index >= 15 is 0 Å². The molecule has 2 aliphatic heterocycles. The Balaban J connectivity index is 1.27. The van der Waals surface area contributed by atoms with E-state index in [2.05, 4.69) is 59.4 Å². The van der Waals surface area contributed by atoms with E-state index in [0.717, 1.165) is 60.5 Å². The van der Waals surface area contributed by atoms with E-state index in [1.165, 1.54) is 16.7 Å². The van der Waals surface area contributed by atoms with E-state index in [-0.39, 0.29) is 11.8 Å². The monoisotopic (exact) mass is 535 g/mol. The average Bonchev–Trinajstić information content (AvgIpc) is 3.39. The first-order valence-corrected chi connectivity index (χ1v) is 14.3. The van der Waals surface area contributed by atoms with E-state index in [1.807, 2.05) is 13.0 Å². The average molecular weight is 536 g/mol. The number of aromatic nitrogens is 1. The van der Waals surface area contributed by atoms with Crippen LogP contribution in [0.4, 0.5) is 5.13 Å². The van der Waals surface area contributed by atoms with Crippen LogP contribution in [0.2, 0.25) is 0 Å². The third kappa shape index (κ3) is 6.20. The molecular formula is C30H37N3O4S. The third-order valence-corrected chi connectivity index (χ3v) is 8.60. The van der Waals surface area contributed by atoms with Crippen LogP contribution in [0.3, 0.4) is 0 Å². The van der Waals surface area contributed by atoms with Gasteiger partial charge < -0.3 is 19.5 Å². The van der Waals surface area contributed by atoms with Crippen LogP contribution in [0.15, 0.2) is 41.8 Å². The van der Waals surface area contributed by atoms with Gasteiger partial charge in [0.1, 0.15) is 12.4 Å². The van der Waals surface area contributed by atoms with Crippen LogP contribution in [0, 0.1) is 25.7 Å². The summed E-state index contributed by atoms with van der Waals surface area (Å²) in [6.45, 7) is 12.7. The number of nitrogens with zero attached hydrogens (tertiary/aromatic N) is 3. The largest absolute Gasteiger partial charge is 0.488 e. The molecule has 0 amide bonds. The molecule has 38 heavy (non-hydrogen) atoms. The number of hydrogen-bond acceptors (Lipinski definition) is 7. The standard InChI is InChI=1S/C30H37N3O4S/c1-20-4-7-28(37-18-24-6-5-23(15-21(24)2)17-32-10-12-36-13-11-32)26(14-20)27-19-38-30(31-27)33-9-8-25(29(34)35)22(3)16-33/h4-7,14-15,19,22,25H,8-13,16-18H2,1-3H3,(H,34,35)/t22-,25+/m1/s1. The highest BCUT2D eigenvalue weighted by Crippen LogP contribution is 2.36. The Morgan fingerprint density at radius 2 is 1.97 bits per heavy atom. The molecule has 8 heteroatoms. The van der Waals surface area contributed by atoms with Crippen LogP contribution in [0.25, 0.3) is 11.3 Å². The van der Waals surface area contributed by atoms with E-state index in [1.54, 1.807) is 11.3 Å². The summed E-state index contributed by atoms with van der Waals surface area (Å²) in [5.41, 5.74) is 6.77. The summed E-state index contributed by atoms with van der Waals surface area (Å²) in [6.07, 6.45) is 0.648. The lowest BCUT2D eigenvalue weighted by Crippen LogP contribution is -2.42. The quantitative estimate of drug-likeness (QED) is 0.415. The minimum absolute atomic E-state index is 0.0926. The van der Waals surface area contributed by atoms with Crippen LogP contribution in [-0.4, -0.2) is 60.4 Å². The highest BCUT2D eigenvalue weighted by atomic mass is 32.1. The zero-order valence-electron chi connectivity index (χ0n) is 22.5. The summed E-state index contributed by atoms with van der Waals surface area (Å²) in [7, 11) is 0. The fourth-order valence-corrected chi connectivity index (χ4v) is 6.24. The van der Waals surface area contributed by atoms with Crippen molar-refractivity contribution < 1.29 is 19.4 Å². The SMILES string of the molecule is Cc1ccc(OCc2ccc(CN3CCOCC3)cc2C)c(-c2csc(N3CC[C@H](C(=O)O)[C@H](C)C3)n2)c1. The summed E-state index contributed by atoms with van der Waals surface area (Å²) in [5.74, 6) is -0.0583. The maximum atomic E-state index is 11.5. The van der Waals surface area contributed by atoms with E-state index in [0.29, 0.717) is 26.1 Å². The van der Waals surface area contributed by atoms with E-state index in [9.17, 15) is 9.90 Å². The predicted octanol–water partition coefficient (Wildman–Crippen LogP) is 5.39. The van der Waals surface area contributed by atoms with Crippen molar-refractivity contribution in [3.63, 3.8) is 0 Å². The molecule has 3 heterocycles. The number of morpholine rings is 1. The van der Waals surface area contributed by atoms with Gasteiger partial charge in [-0.15, -0.1) is 11.3 Å². The van der Waals surface area contributed by atoms with Crippen molar-refractivity contribution in [1.82, 2.24) is 9.88 Å². The van der Waals surface area contributed by atoms with E-state index in [4.69, 9.17) is 14.5 Å². The molecule has 2 saturated heterocycles. The van der Waals surface area contributed by atoms with Crippen molar-refractivity contribution in [2.24, 2.45) is 11.8 Å². The molecule has 2 aromatic carbocycles. The van der Waals surface area contributed by atoms with Crippen LogP contribution >= 0.6 is 11.3 Å². The number of thiazole rings is 1.